The van der Waals surface area contributed by atoms with Crippen LogP contribution in [0.5, 0.6) is 0 Å². The Balaban J connectivity index is 1.58. The molecule has 0 saturated carbocycles. The molecule has 0 radical (unpaired) electrons. The number of rotatable bonds is 6. The van der Waals surface area contributed by atoms with Crippen molar-refractivity contribution in [3.8, 4) is 0 Å². The van der Waals surface area contributed by atoms with Gasteiger partial charge in [-0.15, -0.1) is 5.10 Å². The Morgan fingerprint density at radius 3 is 2.69 bits per heavy atom. The molecule has 1 amide bonds. The molecule has 0 saturated heterocycles. The summed E-state index contributed by atoms with van der Waals surface area (Å²) < 4.78 is 1.75. The van der Waals surface area contributed by atoms with E-state index in [4.69, 9.17) is 11.6 Å². The summed E-state index contributed by atoms with van der Waals surface area (Å²) in [7, 11) is 1.75. The second-order valence-corrected chi connectivity index (χ2v) is 6.42. The van der Waals surface area contributed by atoms with Crippen LogP contribution in [0.15, 0.2) is 66.9 Å². The second kappa shape index (κ2) is 8.45. The van der Waals surface area contributed by atoms with Gasteiger partial charge in [0.15, 0.2) is 0 Å². The minimum Gasteiger partial charge on any atom is -0.338 e. The standard InChI is InChI=1S/C20H19ClN4O/c1-24(13-17-8-5-9-18(21)12-17)20(26)11-10-19-15-25(23-22-19)14-16-6-3-2-4-7-16/h2-12,15H,13-14H2,1H3. The Morgan fingerprint density at radius 1 is 1.15 bits per heavy atom. The molecule has 132 valence electrons. The molecule has 2 aromatic carbocycles. The lowest BCUT2D eigenvalue weighted by Gasteiger charge is -2.15. The number of carbonyl (C=O) groups is 1. The number of hydrogen-bond donors (Lipinski definition) is 0. The van der Waals surface area contributed by atoms with Crippen molar-refractivity contribution in [2.45, 2.75) is 13.1 Å². The van der Waals surface area contributed by atoms with Crippen LogP contribution in [0, 0.1) is 0 Å². The largest absolute Gasteiger partial charge is 0.338 e. The summed E-state index contributed by atoms with van der Waals surface area (Å²) in [6.07, 6.45) is 4.99. The van der Waals surface area contributed by atoms with Crippen LogP contribution in [0.1, 0.15) is 16.8 Å². The van der Waals surface area contributed by atoms with Crippen LogP contribution in [0.3, 0.4) is 0 Å². The fourth-order valence-electron chi connectivity index (χ4n) is 2.51. The number of carbonyl (C=O) groups excluding carboxylic acids is 1. The monoisotopic (exact) mass is 366 g/mol. The Kier molecular flexibility index (Phi) is 5.81. The van der Waals surface area contributed by atoms with E-state index in [2.05, 4.69) is 10.3 Å². The number of nitrogens with zero attached hydrogens (tertiary/aromatic N) is 4. The summed E-state index contributed by atoms with van der Waals surface area (Å²) in [5.74, 6) is -0.109. The first-order valence-electron chi connectivity index (χ1n) is 8.22. The summed E-state index contributed by atoms with van der Waals surface area (Å²) in [6, 6.07) is 17.5. The zero-order valence-electron chi connectivity index (χ0n) is 14.4. The molecule has 0 unspecified atom stereocenters. The van der Waals surface area contributed by atoms with Crippen molar-refractivity contribution < 1.29 is 4.79 Å². The molecule has 6 heteroatoms. The predicted octanol–water partition coefficient (Wildman–Crippen LogP) is 3.65. The molecular weight excluding hydrogens is 348 g/mol. The Hall–Kier alpha value is -2.92. The van der Waals surface area contributed by atoms with E-state index in [0.29, 0.717) is 23.8 Å². The highest BCUT2D eigenvalue weighted by Gasteiger charge is 2.07. The number of hydrogen-bond acceptors (Lipinski definition) is 3. The molecule has 0 bridgehead atoms. The van der Waals surface area contributed by atoms with E-state index >= 15 is 0 Å². The van der Waals surface area contributed by atoms with E-state index in [0.717, 1.165) is 11.1 Å². The van der Waals surface area contributed by atoms with Gasteiger partial charge in [0, 0.05) is 24.7 Å². The molecule has 0 spiro atoms. The maximum absolute atomic E-state index is 12.3. The molecule has 1 heterocycles. The highest BCUT2D eigenvalue weighted by Crippen LogP contribution is 2.12. The predicted molar refractivity (Wildman–Crippen MR) is 103 cm³/mol. The molecule has 0 aliphatic carbocycles. The van der Waals surface area contributed by atoms with Gasteiger partial charge in [0.1, 0.15) is 5.69 Å². The number of amides is 1. The summed E-state index contributed by atoms with van der Waals surface area (Å²) in [6.45, 7) is 1.13. The average molecular weight is 367 g/mol. The van der Waals surface area contributed by atoms with Gasteiger partial charge in [-0.05, 0) is 29.3 Å². The van der Waals surface area contributed by atoms with E-state index in [-0.39, 0.29) is 5.91 Å². The lowest BCUT2D eigenvalue weighted by molar-refractivity contribution is -0.125. The van der Waals surface area contributed by atoms with E-state index in [1.54, 1.807) is 22.7 Å². The zero-order valence-corrected chi connectivity index (χ0v) is 15.2. The molecule has 0 N–H and O–H groups in total. The number of benzene rings is 2. The van der Waals surface area contributed by atoms with Crippen molar-refractivity contribution in [1.82, 2.24) is 19.9 Å². The van der Waals surface area contributed by atoms with Crippen LogP contribution in [0.2, 0.25) is 5.02 Å². The normalized spacial score (nSPS) is 11.0. The third-order valence-electron chi connectivity index (χ3n) is 3.83. The quantitative estimate of drug-likeness (QED) is 0.626. The third-order valence-corrected chi connectivity index (χ3v) is 4.06. The molecule has 5 nitrogen and oxygen atoms in total. The summed E-state index contributed by atoms with van der Waals surface area (Å²) in [4.78, 5) is 13.9. The first kappa shape index (κ1) is 17.9. The minimum atomic E-state index is -0.109. The average Bonchev–Trinajstić information content (AvgIpc) is 3.08. The van der Waals surface area contributed by atoms with E-state index in [1.165, 1.54) is 6.08 Å². The summed E-state index contributed by atoms with van der Waals surface area (Å²) in [5, 5.41) is 8.83. The van der Waals surface area contributed by atoms with Crippen LogP contribution in [-0.2, 0) is 17.9 Å². The zero-order chi connectivity index (χ0) is 18.4. The fraction of sp³-hybridized carbons (Fsp3) is 0.150. The molecule has 0 fully saturated rings. The van der Waals surface area contributed by atoms with Crippen LogP contribution in [-0.4, -0.2) is 32.8 Å². The third kappa shape index (κ3) is 5.04. The van der Waals surface area contributed by atoms with Crippen LogP contribution in [0.25, 0.3) is 6.08 Å². The van der Waals surface area contributed by atoms with Gasteiger partial charge in [0.2, 0.25) is 5.91 Å². The lowest BCUT2D eigenvalue weighted by atomic mass is 10.2. The van der Waals surface area contributed by atoms with E-state index in [1.807, 2.05) is 60.8 Å². The molecule has 1 aromatic heterocycles. The van der Waals surface area contributed by atoms with Crippen molar-refractivity contribution in [3.63, 3.8) is 0 Å². The Labute approximate surface area is 157 Å². The second-order valence-electron chi connectivity index (χ2n) is 5.98. The Bertz CT molecular complexity index is 905. The smallest absolute Gasteiger partial charge is 0.246 e. The first-order valence-corrected chi connectivity index (χ1v) is 8.59. The molecule has 3 rings (SSSR count). The van der Waals surface area contributed by atoms with Crippen LogP contribution < -0.4 is 0 Å². The topological polar surface area (TPSA) is 51.0 Å². The van der Waals surface area contributed by atoms with Gasteiger partial charge in [0.25, 0.3) is 0 Å². The highest BCUT2D eigenvalue weighted by molar-refractivity contribution is 6.30. The van der Waals surface area contributed by atoms with Gasteiger partial charge in [-0.3, -0.25) is 4.79 Å². The van der Waals surface area contributed by atoms with Crippen molar-refractivity contribution in [1.29, 1.82) is 0 Å². The van der Waals surface area contributed by atoms with Crippen molar-refractivity contribution in [2.75, 3.05) is 7.05 Å². The maximum Gasteiger partial charge on any atom is 0.246 e. The van der Waals surface area contributed by atoms with Gasteiger partial charge in [-0.1, -0.05) is 59.3 Å². The van der Waals surface area contributed by atoms with Gasteiger partial charge in [-0.2, -0.15) is 0 Å². The van der Waals surface area contributed by atoms with E-state index in [9.17, 15) is 4.79 Å². The van der Waals surface area contributed by atoms with Crippen molar-refractivity contribution in [3.05, 3.63) is 88.7 Å². The Morgan fingerprint density at radius 2 is 1.92 bits per heavy atom. The SMILES string of the molecule is CN(Cc1cccc(Cl)c1)C(=O)C=Cc1cn(Cc2ccccc2)nn1. The lowest BCUT2D eigenvalue weighted by Crippen LogP contribution is -2.24. The van der Waals surface area contributed by atoms with Crippen LogP contribution in [0.4, 0.5) is 0 Å². The molecule has 0 aliphatic rings. The fourth-order valence-corrected chi connectivity index (χ4v) is 2.72. The van der Waals surface area contributed by atoms with Crippen molar-refractivity contribution in [2.24, 2.45) is 0 Å². The van der Waals surface area contributed by atoms with Gasteiger partial charge in [0.05, 0.1) is 12.7 Å². The molecule has 26 heavy (non-hydrogen) atoms. The van der Waals surface area contributed by atoms with Gasteiger partial charge < -0.3 is 4.90 Å². The van der Waals surface area contributed by atoms with E-state index < -0.39 is 0 Å². The minimum absolute atomic E-state index is 0.109. The molecule has 0 atom stereocenters. The highest BCUT2D eigenvalue weighted by atomic mass is 35.5. The summed E-state index contributed by atoms with van der Waals surface area (Å²) >= 11 is 5.97. The number of aromatic nitrogens is 3. The summed E-state index contributed by atoms with van der Waals surface area (Å²) in [5.41, 5.74) is 2.77. The first-order chi connectivity index (χ1) is 12.6. The maximum atomic E-state index is 12.3. The van der Waals surface area contributed by atoms with Crippen molar-refractivity contribution >= 4 is 23.6 Å². The van der Waals surface area contributed by atoms with Crippen LogP contribution >= 0.6 is 11.6 Å². The van der Waals surface area contributed by atoms with Gasteiger partial charge >= 0.3 is 0 Å². The number of halogens is 1. The van der Waals surface area contributed by atoms with Gasteiger partial charge in [-0.25, -0.2) is 4.68 Å². The molecule has 3 aromatic rings. The molecule has 0 aliphatic heterocycles. The molecular formula is C20H19ClN4O. The number of likely N-dealkylation sites (N-methyl/N-ethyl adjacent to an activating group) is 1.